The Kier molecular flexibility index (Phi) is 2.91. The molecule has 3 rings (SSSR count). The average molecular weight is 255 g/mol. The summed E-state index contributed by atoms with van der Waals surface area (Å²) in [6.07, 6.45) is 2.96. The van der Waals surface area contributed by atoms with E-state index in [0.29, 0.717) is 34.7 Å². The van der Waals surface area contributed by atoms with Gasteiger partial charge in [0.05, 0.1) is 6.26 Å². The first-order valence-corrected chi connectivity index (χ1v) is 6.25. The van der Waals surface area contributed by atoms with Crippen LogP contribution in [-0.2, 0) is 0 Å². The molecule has 4 heteroatoms. The van der Waals surface area contributed by atoms with E-state index in [4.69, 9.17) is 8.83 Å². The fraction of sp³-hybridized carbons (Fsp3) is 0.200. The molecule has 0 radical (unpaired) electrons. The first-order valence-electron chi connectivity index (χ1n) is 6.25. The predicted octanol–water partition coefficient (Wildman–Crippen LogP) is 4.07. The summed E-state index contributed by atoms with van der Waals surface area (Å²) in [6.45, 7) is 1.99. The Morgan fingerprint density at radius 2 is 2.21 bits per heavy atom. The summed E-state index contributed by atoms with van der Waals surface area (Å²) < 4.78 is 10.8. The van der Waals surface area contributed by atoms with Crippen LogP contribution in [0.15, 0.2) is 45.4 Å². The molecule has 0 saturated heterocycles. The van der Waals surface area contributed by atoms with E-state index < -0.39 is 0 Å². The van der Waals surface area contributed by atoms with Crippen LogP contribution in [-0.4, -0.2) is 10.8 Å². The number of ketones is 1. The van der Waals surface area contributed by atoms with Crippen LogP contribution in [0.2, 0.25) is 0 Å². The highest BCUT2D eigenvalue weighted by atomic mass is 16.4. The van der Waals surface area contributed by atoms with Crippen molar-refractivity contribution in [1.82, 2.24) is 4.98 Å². The first-order chi connectivity index (χ1) is 9.28. The van der Waals surface area contributed by atoms with Crippen LogP contribution < -0.4 is 0 Å². The minimum Gasteiger partial charge on any atom is -0.459 e. The highest BCUT2D eigenvalue weighted by Crippen LogP contribution is 2.25. The SMILES string of the molecule is CCCC(=O)c1ccc2oc(-c3ccco3)nc2c1. The Bertz CT molecular complexity index is 710. The van der Waals surface area contributed by atoms with E-state index in [9.17, 15) is 4.79 Å². The number of hydrogen-bond donors (Lipinski definition) is 0. The van der Waals surface area contributed by atoms with Crippen molar-refractivity contribution in [2.45, 2.75) is 19.8 Å². The molecule has 19 heavy (non-hydrogen) atoms. The van der Waals surface area contributed by atoms with Gasteiger partial charge >= 0.3 is 0 Å². The molecule has 3 aromatic rings. The summed E-state index contributed by atoms with van der Waals surface area (Å²) in [5, 5.41) is 0. The Morgan fingerprint density at radius 3 is 2.95 bits per heavy atom. The monoisotopic (exact) mass is 255 g/mol. The lowest BCUT2D eigenvalue weighted by molar-refractivity contribution is 0.0982. The van der Waals surface area contributed by atoms with Crippen LogP contribution >= 0.6 is 0 Å². The van der Waals surface area contributed by atoms with Crippen molar-refractivity contribution >= 4 is 16.9 Å². The largest absolute Gasteiger partial charge is 0.459 e. The molecule has 0 saturated carbocycles. The number of Topliss-reactive ketones (excluding diaryl/α,β-unsaturated/α-hetero) is 1. The second-order valence-electron chi connectivity index (χ2n) is 4.35. The Hall–Kier alpha value is -2.36. The molecule has 2 aromatic heterocycles. The molecule has 0 amide bonds. The van der Waals surface area contributed by atoms with E-state index in [1.165, 1.54) is 0 Å². The molecule has 0 atom stereocenters. The van der Waals surface area contributed by atoms with Crippen LogP contribution in [0.1, 0.15) is 30.1 Å². The van der Waals surface area contributed by atoms with E-state index in [2.05, 4.69) is 4.98 Å². The maximum Gasteiger partial charge on any atom is 0.263 e. The van der Waals surface area contributed by atoms with Gasteiger partial charge in [0.1, 0.15) is 5.52 Å². The third-order valence-corrected chi connectivity index (χ3v) is 2.92. The van der Waals surface area contributed by atoms with Gasteiger partial charge in [0.2, 0.25) is 0 Å². The molecule has 0 unspecified atom stereocenters. The highest BCUT2D eigenvalue weighted by molar-refractivity contribution is 5.98. The molecular formula is C15H13NO3. The molecular weight excluding hydrogens is 242 g/mol. The van der Waals surface area contributed by atoms with Gasteiger partial charge in [-0.1, -0.05) is 6.92 Å². The predicted molar refractivity (Wildman–Crippen MR) is 70.9 cm³/mol. The number of carbonyl (C=O) groups excluding carboxylic acids is 1. The number of furan rings is 1. The second kappa shape index (κ2) is 4.72. The van der Waals surface area contributed by atoms with Gasteiger partial charge in [0.15, 0.2) is 17.1 Å². The van der Waals surface area contributed by atoms with Gasteiger partial charge in [0.25, 0.3) is 5.89 Å². The summed E-state index contributed by atoms with van der Waals surface area (Å²) in [5.74, 6) is 1.14. The number of aromatic nitrogens is 1. The summed E-state index contributed by atoms with van der Waals surface area (Å²) in [4.78, 5) is 16.2. The van der Waals surface area contributed by atoms with E-state index in [1.54, 1.807) is 36.6 Å². The van der Waals surface area contributed by atoms with Crippen molar-refractivity contribution in [3.8, 4) is 11.7 Å². The van der Waals surface area contributed by atoms with Crippen molar-refractivity contribution in [2.24, 2.45) is 0 Å². The minimum atomic E-state index is 0.131. The second-order valence-corrected chi connectivity index (χ2v) is 4.35. The van der Waals surface area contributed by atoms with Gasteiger partial charge in [-0.2, -0.15) is 0 Å². The minimum absolute atomic E-state index is 0.131. The summed E-state index contributed by atoms with van der Waals surface area (Å²) in [6, 6.07) is 8.88. The number of hydrogen-bond acceptors (Lipinski definition) is 4. The third kappa shape index (κ3) is 2.17. The van der Waals surface area contributed by atoms with Crippen LogP contribution in [0, 0.1) is 0 Å². The van der Waals surface area contributed by atoms with Crippen LogP contribution in [0.25, 0.3) is 22.8 Å². The zero-order chi connectivity index (χ0) is 13.2. The van der Waals surface area contributed by atoms with Crippen molar-refractivity contribution in [1.29, 1.82) is 0 Å². The number of fused-ring (bicyclic) bond motifs is 1. The normalized spacial score (nSPS) is 11.0. The molecule has 4 nitrogen and oxygen atoms in total. The Labute approximate surface area is 110 Å². The first kappa shape index (κ1) is 11.7. The lowest BCUT2D eigenvalue weighted by atomic mass is 10.1. The number of benzene rings is 1. The number of rotatable bonds is 4. The zero-order valence-corrected chi connectivity index (χ0v) is 10.6. The maximum absolute atomic E-state index is 11.8. The van der Waals surface area contributed by atoms with E-state index in [1.807, 2.05) is 6.92 Å². The fourth-order valence-electron chi connectivity index (χ4n) is 1.98. The Balaban J connectivity index is 2.02. The van der Waals surface area contributed by atoms with Crippen molar-refractivity contribution in [3.63, 3.8) is 0 Å². The fourth-order valence-corrected chi connectivity index (χ4v) is 1.98. The van der Waals surface area contributed by atoms with Gasteiger partial charge in [-0.3, -0.25) is 4.79 Å². The van der Waals surface area contributed by atoms with Crippen LogP contribution in [0.5, 0.6) is 0 Å². The smallest absolute Gasteiger partial charge is 0.263 e. The lowest BCUT2D eigenvalue weighted by Gasteiger charge is -1.97. The maximum atomic E-state index is 11.8. The molecule has 0 bridgehead atoms. The van der Waals surface area contributed by atoms with Crippen molar-refractivity contribution < 1.29 is 13.6 Å². The Morgan fingerprint density at radius 1 is 1.32 bits per heavy atom. The van der Waals surface area contributed by atoms with Crippen LogP contribution in [0.4, 0.5) is 0 Å². The van der Waals surface area contributed by atoms with Gasteiger partial charge in [0, 0.05) is 12.0 Å². The third-order valence-electron chi connectivity index (χ3n) is 2.92. The number of oxazole rings is 1. The van der Waals surface area contributed by atoms with Gasteiger partial charge in [-0.05, 0) is 36.8 Å². The lowest BCUT2D eigenvalue weighted by Crippen LogP contribution is -1.97. The van der Waals surface area contributed by atoms with Crippen molar-refractivity contribution in [3.05, 3.63) is 42.2 Å². The molecule has 0 aliphatic carbocycles. The summed E-state index contributed by atoms with van der Waals surface area (Å²) >= 11 is 0. The van der Waals surface area contributed by atoms with E-state index in [-0.39, 0.29) is 5.78 Å². The van der Waals surface area contributed by atoms with Crippen molar-refractivity contribution in [2.75, 3.05) is 0 Å². The molecule has 0 aliphatic rings. The summed E-state index contributed by atoms with van der Waals surface area (Å²) in [7, 11) is 0. The highest BCUT2D eigenvalue weighted by Gasteiger charge is 2.12. The molecule has 0 fully saturated rings. The zero-order valence-electron chi connectivity index (χ0n) is 10.6. The molecule has 1 aromatic carbocycles. The topological polar surface area (TPSA) is 56.2 Å². The molecule has 0 spiro atoms. The standard InChI is InChI=1S/C15H13NO3/c1-2-4-12(17)10-6-7-13-11(9-10)16-15(19-13)14-5-3-8-18-14/h3,5-9H,2,4H2,1H3. The average Bonchev–Trinajstić information content (AvgIpc) is 3.07. The van der Waals surface area contributed by atoms with Crippen LogP contribution in [0.3, 0.4) is 0 Å². The van der Waals surface area contributed by atoms with Gasteiger partial charge in [-0.25, -0.2) is 4.98 Å². The van der Waals surface area contributed by atoms with E-state index in [0.717, 1.165) is 6.42 Å². The molecule has 0 aliphatic heterocycles. The molecule has 0 N–H and O–H groups in total. The van der Waals surface area contributed by atoms with Gasteiger partial charge in [-0.15, -0.1) is 0 Å². The number of carbonyl (C=O) groups is 1. The number of nitrogens with zero attached hydrogens (tertiary/aromatic N) is 1. The summed E-state index contributed by atoms with van der Waals surface area (Å²) in [5.41, 5.74) is 2.00. The van der Waals surface area contributed by atoms with Gasteiger partial charge < -0.3 is 8.83 Å². The quantitative estimate of drug-likeness (QED) is 0.659. The van der Waals surface area contributed by atoms with E-state index >= 15 is 0 Å². The molecule has 96 valence electrons. The molecule has 2 heterocycles.